The molecular formula is C12H12FNS2. The second kappa shape index (κ2) is 4.99. The predicted octanol–water partition coefficient (Wildman–Crippen LogP) is 4.06. The third-order valence-corrected chi connectivity index (χ3v) is 4.36. The average Bonchev–Trinajstić information content (AvgIpc) is 2.73. The number of hydrogen-bond acceptors (Lipinski definition) is 3. The minimum Gasteiger partial charge on any atom is -0.324 e. The first-order valence-corrected chi connectivity index (χ1v) is 6.63. The summed E-state index contributed by atoms with van der Waals surface area (Å²) in [5, 5.41) is 1.98. The van der Waals surface area contributed by atoms with Crippen molar-refractivity contribution < 1.29 is 4.39 Å². The molecule has 16 heavy (non-hydrogen) atoms. The highest BCUT2D eigenvalue weighted by molar-refractivity contribution is 8.01. The highest BCUT2D eigenvalue weighted by Gasteiger charge is 2.13. The Morgan fingerprint density at radius 3 is 2.75 bits per heavy atom. The van der Waals surface area contributed by atoms with Gasteiger partial charge in [-0.25, -0.2) is 4.39 Å². The molecule has 1 aromatic carbocycles. The molecule has 0 aliphatic carbocycles. The zero-order chi connectivity index (χ0) is 11.5. The second-order valence-electron chi connectivity index (χ2n) is 3.48. The summed E-state index contributed by atoms with van der Waals surface area (Å²) in [6.07, 6.45) is 0. The molecule has 84 valence electrons. The van der Waals surface area contributed by atoms with Gasteiger partial charge in [-0.3, -0.25) is 0 Å². The van der Waals surface area contributed by atoms with E-state index in [0.29, 0.717) is 4.90 Å². The van der Waals surface area contributed by atoms with Gasteiger partial charge in [0.2, 0.25) is 0 Å². The molecule has 0 saturated heterocycles. The van der Waals surface area contributed by atoms with Crippen molar-refractivity contribution in [2.75, 3.05) is 0 Å². The maximum atomic E-state index is 13.7. The lowest BCUT2D eigenvalue weighted by Gasteiger charge is -2.12. The summed E-state index contributed by atoms with van der Waals surface area (Å²) in [6.45, 7) is 1.87. The van der Waals surface area contributed by atoms with Crippen molar-refractivity contribution in [3.63, 3.8) is 0 Å². The maximum absolute atomic E-state index is 13.7. The Bertz CT molecular complexity index is 466. The van der Waals surface area contributed by atoms with E-state index in [2.05, 4.69) is 0 Å². The van der Waals surface area contributed by atoms with E-state index in [-0.39, 0.29) is 11.9 Å². The zero-order valence-corrected chi connectivity index (χ0v) is 10.4. The SMILES string of the molecule is CC(N)c1cccc(F)c1Sc1cccs1. The molecule has 0 aliphatic rings. The van der Waals surface area contributed by atoms with Crippen molar-refractivity contribution >= 4 is 23.1 Å². The van der Waals surface area contributed by atoms with Crippen LogP contribution in [0.2, 0.25) is 0 Å². The van der Waals surface area contributed by atoms with Crippen molar-refractivity contribution in [2.24, 2.45) is 5.73 Å². The Morgan fingerprint density at radius 2 is 2.12 bits per heavy atom. The molecule has 1 aromatic heterocycles. The van der Waals surface area contributed by atoms with Crippen molar-refractivity contribution in [3.8, 4) is 0 Å². The normalized spacial score (nSPS) is 12.7. The van der Waals surface area contributed by atoms with Crippen LogP contribution in [0, 0.1) is 5.82 Å². The molecular weight excluding hydrogens is 241 g/mol. The molecule has 0 aliphatic heterocycles. The van der Waals surface area contributed by atoms with E-state index >= 15 is 0 Å². The highest BCUT2D eigenvalue weighted by atomic mass is 32.2. The molecule has 0 amide bonds. The fourth-order valence-electron chi connectivity index (χ4n) is 1.41. The molecule has 1 heterocycles. The van der Waals surface area contributed by atoms with Gasteiger partial charge in [0, 0.05) is 6.04 Å². The second-order valence-corrected chi connectivity index (χ2v) is 5.74. The molecule has 1 nitrogen and oxygen atoms in total. The molecule has 0 fully saturated rings. The Kier molecular flexibility index (Phi) is 3.63. The number of benzene rings is 1. The van der Waals surface area contributed by atoms with Crippen LogP contribution in [0.15, 0.2) is 44.8 Å². The summed E-state index contributed by atoms with van der Waals surface area (Å²) in [5.74, 6) is -0.201. The number of nitrogens with two attached hydrogens (primary N) is 1. The molecule has 2 rings (SSSR count). The Morgan fingerprint density at radius 1 is 1.31 bits per heavy atom. The fourth-order valence-corrected chi connectivity index (χ4v) is 3.36. The average molecular weight is 253 g/mol. The van der Waals surface area contributed by atoms with Crippen LogP contribution in [0.5, 0.6) is 0 Å². The molecule has 2 N–H and O–H groups in total. The first-order valence-electron chi connectivity index (χ1n) is 4.94. The lowest BCUT2D eigenvalue weighted by Crippen LogP contribution is -2.07. The predicted molar refractivity (Wildman–Crippen MR) is 67.4 cm³/mol. The lowest BCUT2D eigenvalue weighted by molar-refractivity contribution is 0.591. The standard InChI is InChI=1S/C12H12FNS2/c1-8(14)9-4-2-5-10(13)12(9)16-11-6-3-7-15-11/h2-8H,14H2,1H3. The monoisotopic (exact) mass is 253 g/mol. The molecule has 1 unspecified atom stereocenters. The van der Waals surface area contributed by atoms with Crippen molar-refractivity contribution in [2.45, 2.75) is 22.1 Å². The van der Waals surface area contributed by atoms with Gasteiger partial charge in [-0.2, -0.15) is 0 Å². The number of rotatable bonds is 3. The number of thiophene rings is 1. The molecule has 0 radical (unpaired) electrons. The van der Waals surface area contributed by atoms with E-state index < -0.39 is 0 Å². The fraction of sp³-hybridized carbons (Fsp3) is 0.167. The van der Waals surface area contributed by atoms with Gasteiger partial charge in [0.05, 0.1) is 9.10 Å². The van der Waals surface area contributed by atoms with Gasteiger partial charge in [-0.05, 0) is 30.0 Å². The van der Waals surface area contributed by atoms with Crippen LogP contribution in [0.3, 0.4) is 0 Å². The zero-order valence-electron chi connectivity index (χ0n) is 8.81. The first kappa shape index (κ1) is 11.6. The molecule has 0 saturated carbocycles. The van der Waals surface area contributed by atoms with Gasteiger partial charge in [0.15, 0.2) is 0 Å². The maximum Gasteiger partial charge on any atom is 0.137 e. The number of halogens is 1. The minimum absolute atomic E-state index is 0.154. The topological polar surface area (TPSA) is 26.0 Å². The van der Waals surface area contributed by atoms with Gasteiger partial charge in [-0.1, -0.05) is 30.0 Å². The molecule has 0 spiro atoms. The van der Waals surface area contributed by atoms with Gasteiger partial charge >= 0.3 is 0 Å². The van der Waals surface area contributed by atoms with E-state index in [9.17, 15) is 4.39 Å². The third kappa shape index (κ3) is 2.45. The van der Waals surface area contributed by atoms with Gasteiger partial charge in [-0.15, -0.1) is 11.3 Å². The van der Waals surface area contributed by atoms with Gasteiger partial charge in [0.1, 0.15) is 5.82 Å². The largest absolute Gasteiger partial charge is 0.324 e. The van der Waals surface area contributed by atoms with Crippen LogP contribution in [0.1, 0.15) is 18.5 Å². The summed E-state index contributed by atoms with van der Waals surface area (Å²) in [6, 6.07) is 8.84. The summed E-state index contributed by atoms with van der Waals surface area (Å²) in [4.78, 5) is 0.639. The van der Waals surface area contributed by atoms with Gasteiger partial charge < -0.3 is 5.73 Å². The third-order valence-electron chi connectivity index (χ3n) is 2.19. The Balaban J connectivity index is 2.38. The summed E-state index contributed by atoms with van der Waals surface area (Å²) in [5.41, 5.74) is 6.70. The first-order chi connectivity index (χ1) is 7.68. The van der Waals surface area contributed by atoms with Gasteiger partial charge in [0.25, 0.3) is 0 Å². The Labute approximate surface area is 102 Å². The summed E-state index contributed by atoms with van der Waals surface area (Å²) < 4.78 is 14.8. The quantitative estimate of drug-likeness (QED) is 0.892. The van der Waals surface area contributed by atoms with Crippen LogP contribution in [-0.2, 0) is 0 Å². The van der Waals surface area contributed by atoms with Crippen molar-refractivity contribution in [1.29, 1.82) is 0 Å². The van der Waals surface area contributed by atoms with E-state index in [1.807, 2.05) is 30.5 Å². The van der Waals surface area contributed by atoms with Crippen molar-refractivity contribution in [1.82, 2.24) is 0 Å². The van der Waals surface area contributed by atoms with Crippen molar-refractivity contribution in [3.05, 3.63) is 47.1 Å². The minimum atomic E-state index is -0.201. The Hall–Kier alpha value is -0.840. The molecule has 4 heteroatoms. The lowest BCUT2D eigenvalue weighted by atomic mass is 10.1. The molecule has 1 atom stereocenters. The highest BCUT2D eigenvalue weighted by Crippen LogP contribution is 2.36. The van der Waals surface area contributed by atoms with Crippen LogP contribution in [0.4, 0.5) is 4.39 Å². The number of hydrogen-bond donors (Lipinski definition) is 1. The van der Waals surface area contributed by atoms with E-state index in [4.69, 9.17) is 5.73 Å². The smallest absolute Gasteiger partial charge is 0.137 e. The van der Waals surface area contributed by atoms with E-state index in [1.54, 1.807) is 17.4 Å². The molecule has 0 bridgehead atoms. The van der Waals surface area contributed by atoms with Crippen LogP contribution in [-0.4, -0.2) is 0 Å². The van der Waals surface area contributed by atoms with Crippen LogP contribution < -0.4 is 5.73 Å². The van der Waals surface area contributed by atoms with E-state index in [1.165, 1.54) is 17.8 Å². The van der Waals surface area contributed by atoms with Crippen LogP contribution >= 0.6 is 23.1 Å². The van der Waals surface area contributed by atoms with E-state index in [0.717, 1.165) is 9.77 Å². The summed E-state index contributed by atoms with van der Waals surface area (Å²) in [7, 11) is 0. The molecule has 2 aromatic rings. The van der Waals surface area contributed by atoms with Crippen LogP contribution in [0.25, 0.3) is 0 Å². The summed E-state index contributed by atoms with van der Waals surface area (Å²) >= 11 is 3.04.